The number of anilines is 1. The molecule has 3 heterocycles. The molecule has 8 nitrogen and oxygen atoms in total. The Balaban J connectivity index is 1.38. The molecule has 32 heavy (non-hydrogen) atoms. The van der Waals surface area contributed by atoms with Crippen molar-refractivity contribution in [2.75, 3.05) is 29.6 Å². The number of ether oxygens (including phenoxy) is 1. The van der Waals surface area contributed by atoms with Crippen LogP contribution in [0.2, 0.25) is 5.15 Å². The zero-order chi connectivity index (χ0) is 22.9. The van der Waals surface area contributed by atoms with E-state index in [9.17, 15) is 18.0 Å². The number of nitrogens with zero attached hydrogens (tertiary/aromatic N) is 3. The zero-order valence-corrected chi connectivity index (χ0v) is 19.2. The fourth-order valence-corrected chi connectivity index (χ4v) is 6.20. The summed E-state index contributed by atoms with van der Waals surface area (Å²) in [6.07, 6.45) is 4.91. The number of amides is 1. The summed E-state index contributed by atoms with van der Waals surface area (Å²) >= 11 is 6.40. The average molecular weight is 478 g/mol. The largest absolute Gasteiger partial charge is 0.452 e. The molecule has 1 atom stereocenters. The first kappa shape index (κ1) is 22.5. The molecular formula is C22H24ClN3O5S. The molecule has 2 aliphatic rings. The van der Waals surface area contributed by atoms with E-state index in [2.05, 4.69) is 5.10 Å². The Kier molecular flexibility index (Phi) is 6.39. The van der Waals surface area contributed by atoms with E-state index in [1.807, 2.05) is 24.3 Å². The minimum Gasteiger partial charge on any atom is -0.452 e. The summed E-state index contributed by atoms with van der Waals surface area (Å²) in [5.41, 5.74) is 3.06. The van der Waals surface area contributed by atoms with Crippen LogP contribution in [0, 0.1) is 6.92 Å². The minimum atomic E-state index is -3.08. The number of aryl methyl sites for hydroxylation is 2. The molecule has 0 bridgehead atoms. The Morgan fingerprint density at radius 2 is 2.09 bits per heavy atom. The predicted molar refractivity (Wildman–Crippen MR) is 121 cm³/mol. The number of carbonyl (C=O) groups excluding carboxylic acids is 2. The Labute approximate surface area is 191 Å². The molecule has 0 spiro atoms. The monoisotopic (exact) mass is 477 g/mol. The van der Waals surface area contributed by atoms with Crippen LogP contribution in [0.1, 0.15) is 35.7 Å². The van der Waals surface area contributed by atoms with Gasteiger partial charge in [-0.1, -0.05) is 29.8 Å². The van der Waals surface area contributed by atoms with E-state index in [0.717, 1.165) is 24.1 Å². The molecule has 1 fully saturated rings. The molecular weight excluding hydrogens is 454 g/mol. The van der Waals surface area contributed by atoms with E-state index in [0.29, 0.717) is 24.2 Å². The van der Waals surface area contributed by atoms with Crippen LogP contribution in [-0.4, -0.2) is 54.7 Å². The molecule has 1 unspecified atom stereocenters. The van der Waals surface area contributed by atoms with Crippen LogP contribution in [0.4, 0.5) is 5.69 Å². The number of benzene rings is 1. The zero-order valence-electron chi connectivity index (χ0n) is 17.7. The van der Waals surface area contributed by atoms with Crippen molar-refractivity contribution in [1.29, 1.82) is 0 Å². The lowest BCUT2D eigenvalue weighted by atomic mass is 10.0. The second-order valence-electron chi connectivity index (χ2n) is 8.01. The highest BCUT2D eigenvalue weighted by molar-refractivity contribution is 7.91. The van der Waals surface area contributed by atoms with Crippen LogP contribution in [0.25, 0.3) is 6.08 Å². The number of halogens is 1. The summed E-state index contributed by atoms with van der Waals surface area (Å²) in [6.45, 7) is 1.96. The van der Waals surface area contributed by atoms with E-state index in [1.165, 1.54) is 16.8 Å². The van der Waals surface area contributed by atoms with Crippen molar-refractivity contribution in [3.63, 3.8) is 0 Å². The summed E-state index contributed by atoms with van der Waals surface area (Å²) in [5.74, 6) is -0.834. The topological polar surface area (TPSA) is 98.6 Å². The van der Waals surface area contributed by atoms with Gasteiger partial charge in [-0.05, 0) is 43.9 Å². The quantitative estimate of drug-likeness (QED) is 0.485. The number of hydrogen-bond donors (Lipinski definition) is 0. The Bertz CT molecular complexity index is 1190. The van der Waals surface area contributed by atoms with Gasteiger partial charge in [0.1, 0.15) is 5.15 Å². The lowest BCUT2D eigenvalue weighted by Gasteiger charge is -2.29. The van der Waals surface area contributed by atoms with Gasteiger partial charge in [0.15, 0.2) is 16.4 Å². The molecule has 1 amide bonds. The highest BCUT2D eigenvalue weighted by atomic mass is 35.5. The number of rotatable bonds is 5. The van der Waals surface area contributed by atoms with Crippen molar-refractivity contribution in [3.05, 3.63) is 52.3 Å². The van der Waals surface area contributed by atoms with Gasteiger partial charge in [-0.25, -0.2) is 17.9 Å². The van der Waals surface area contributed by atoms with Gasteiger partial charge < -0.3 is 9.64 Å². The van der Waals surface area contributed by atoms with Crippen LogP contribution < -0.4 is 4.90 Å². The second-order valence-corrected chi connectivity index (χ2v) is 10.6. The standard InChI is InChI=1S/C22H24ClN3O5S/c1-15-18(22(23)26(24-15)17-10-12-32(29,30)14-17)8-9-21(28)31-13-20(27)25-11-4-6-16-5-2-3-7-19(16)25/h2-3,5,7-9,17H,4,6,10-14H2,1H3. The van der Waals surface area contributed by atoms with Gasteiger partial charge in [-0.15, -0.1) is 0 Å². The minimum absolute atomic E-state index is 0.000770. The van der Waals surface area contributed by atoms with Gasteiger partial charge in [0, 0.05) is 23.9 Å². The third kappa shape index (κ3) is 4.73. The summed E-state index contributed by atoms with van der Waals surface area (Å²) in [4.78, 5) is 26.4. The highest BCUT2D eigenvalue weighted by Gasteiger charge is 2.31. The maximum absolute atomic E-state index is 12.6. The Morgan fingerprint density at radius 3 is 2.84 bits per heavy atom. The first-order valence-corrected chi connectivity index (χ1v) is 12.6. The summed E-state index contributed by atoms with van der Waals surface area (Å²) in [6, 6.07) is 7.40. The van der Waals surface area contributed by atoms with Crippen LogP contribution in [0.15, 0.2) is 30.3 Å². The summed E-state index contributed by atoms with van der Waals surface area (Å²) < 4.78 is 30.1. The first-order valence-electron chi connectivity index (χ1n) is 10.4. The van der Waals surface area contributed by atoms with E-state index < -0.39 is 15.8 Å². The third-order valence-corrected chi connectivity index (χ3v) is 7.89. The van der Waals surface area contributed by atoms with Gasteiger partial charge in [0.2, 0.25) is 0 Å². The van der Waals surface area contributed by atoms with Crippen LogP contribution in [-0.2, 0) is 30.6 Å². The molecule has 1 aromatic heterocycles. The van der Waals surface area contributed by atoms with Crippen molar-refractivity contribution in [3.8, 4) is 0 Å². The number of sulfone groups is 1. The lowest BCUT2D eigenvalue weighted by Crippen LogP contribution is -2.38. The van der Waals surface area contributed by atoms with Crippen LogP contribution >= 0.6 is 11.6 Å². The molecule has 0 N–H and O–H groups in total. The van der Waals surface area contributed by atoms with Gasteiger partial charge in [0.25, 0.3) is 5.91 Å². The number of aromatic nitrogens is 2. The predicted octanol–water partition coefficient (Wildman–Crippen LogP) is 2.74. The number of esters is 1. The smallest absolute Gasteiger partial charge is 0.331 e. The Morgan fingerprint density at radius 1 is 1.31 bits per heavy atom. The van der Waals surface area contributed by atoms with Crippen molar-refractivity contribution in [2.45, 2.75) is 32.2 Å². The number of fused-ring (bicyclic) bond motifs is 1. The van der Waals surface area contributed by atoms with E-state index in [-0.39, 0.29) is 35.2 Å². The normalized spacial score (nSPS) is 19.8. The molecule has 4 rings (SSSR count). The van der Waals surface area contributed by atoms with Crippen molar-refractivity contribution in [2.24, 2.45) is 0 Å². The molecule has 170 valence electrons. The summed E-state index contributed by atoms with van der Waals surface area (Å²) in [5, 5.41) is 4.62. The van der Waals surface area contributed by atoms with E-state index in [1.54, 1.807) is 11.8 Å². The van der Waals surface area contributed by atoms with Crippen molar-refractivity contribution >= 4 is 45.1 Å². The molecule has 0 radical (unpaired) electrons. The number of para-hydroxylation sites is 1. The Hall–Kier alpha value is -2.65. The lowest BCUT2D eigenvalue weighted by molar-refractivity contribution is -0.142. The molecule has 0 aliphatic carbocycles. The van der Waals surface area contributed by atoms with Gasteiger partial charge >= 0.3 is 5.97 Å². The number of hydrogen-bond acceptors (Lipinski definition) is 6. The SMILES string of the molecule is Cc1nn(C2CCS(=O)(=O)C2)c(Cl)c1C=CC(=O)OCC(=O)N1CCCc2ccccc21. The first-order chi connectivity index (χ1) is 15.2. The summed E-state index contributed by atoms with van der Waals surface area (Å²) in [7, 11) is -3.08. The maximum Gasteiger partial charge on any atom is 0.331 e. The van der Waals surface area contributed by atoms with Gasteiger partial charge in [-0.2, -0.15) is 5.10 Å². The molecule has 1 aromatic carbocycles. The highest BCUT2D eigenvalue weighted by Crippen LogP contribution is 2.30. The molecule has 1 saturated heterocycles. The molecule has 10 heteroatoms. The molecule has 2 aliphatic heterocycles. The van der Waals surface area contributed by atoms with Crippen LogP contribution in [0.5, 0.6) is 0 Å². The van der Waals surface area contributed by atoms with Crippen molar-refractivity contribution < 1.29 is 22.7 Å². The molecule has 2 aromatic rings. The van der Waals surface area contributed by atoms with Crippen molar-refractivity contribution in [1.82, 2.24) is 9.78 Å². The maximum atomic E-state index is 12.6. The third-order valence-electron chi connectivity index (χ3n) is 5.76. The average Bonchev–Trinajstić information content (AvgIpc) is 3.27. The fourth-order valence-electron chi connectivity index (χ4n) is 4.13. The van der Waals surface area contributed by atoms with Gasteiger partial charge in [0.05, 0.1) is 23.2 Å². The van der Waals surface area contributed by atoms with E-state index >= 15 is 0 Å². The van der Waals surface area contributed by atoms with Crippen LogP contribution in [0.3, 0.4) is 0 Å². The molecule has 0 saturated carbocycles. The number of carbonyl (C=O) groups is 2. The van der Waals surface area contributed by atoms with E-state index in [4.69, 9.17) is 16.3 Å². The van der Waals surface area contributed by atoms with Gasteiger partial charge in [-0.3, -0.25) is 4.79 Å². The fraction of sp³-hybridized carbons (Fsp3) is 0.409. The second kappa shape index (κ2) is 9.07.